The molecular weight excluding hydrogens is 370 g/mol. The Balaban J connectivity index is 1.68. The predicted molar refractivity (Wildman–Crippen MR) is 96.0 cm³/mol. The zero-order valence-corrected chi connectivity index (χ0v) is 15.2. The van der Waals surface area contributed by atoms with Crippen molar-refractivity contribution in [1.29, 1.82) is 0 Å². The van der Waals surface area contributed by atoms with Crippen molar-refractivity contribution in [3.63, 3.8) is 0 Å². The second-order valence-electron chi connectivity index (χ2n) is 5.96. The first kappa shape index (κ1) is 16.8. The molecule has 2 aromatic rings. The molecule has 6 heteroatoms. The summed E-state index contributed by atoms with van der Waals surface area (Å²) in [7, 11) is 1.86. The van der Waals surface area contributed by atoms with Gasteiger partial charge in [0.1, 0.15) is 5.69 Å². The molecule has 0 spiro atoms. The summed E-state index contributed by atoms with van der Waals surface area (Å²) in [6.07, 6.45) is 2.66. The summed E-state index contributed by atoms with van der Waals surface area (Å²) in [5, 5.41) is 0. The molecule has 0 aliphatic carbocycles. The highest BCUT2D eigenvalue weighted by Crippen LogP contribution is 2.17. The summed E-state index contributed by atoms with van der Waals surface area (Å²) in [5.74, 6) is 0.0451. The first-order valence-corrected chi connectivity index (χ1v) is 8.81. The number of hydrogen-bond acceptors (Lipinski definition) is 2. The lowest BCUT2D eigenvalue weighted by Crippen LogP contribution is -2.37. The molecule has 1 aromatic heterocycles. The number of hydrogen-bond donors (Lipinski definition) is 0. The topological polar surface area (TPSA) is 45.6 Å². The van der Waals surface area contributed by atoms with E-state index in [0.29, 0.717) is 37.4 Å². The predicted octanol–water partition coefficient (Wildman–Crippen LogP) is 2.78. The largest absolute Gasteiger partial charge is 0.345 e. The Morgan fingerprint density at radius 3 is 2.17 bits per heavy atom. The molecule has 1 aliphatic rings. The first-order valence-electron chi connectivity index (χ1n) is 8.02. The van der Waals surface area contributed by atoms with E-state index in [-0.39, 0.29) is 11.8 Å². The molecule has 5 nitrogen and oxygen atoms in total. The summed E-state index contributed by atoms with van der Waals surface area (Å²) in [6.45, 7) is 2.46. The molecule has 2 heterocycles. The van der Waals surface area contributed by atoms with E-state index in [1.54, 1.807) is 0 Å². The lowest BCUT2D eigenvalue weighted by atomic mass is 10.2. The van der Waals surface area contributed by atoms with Crippen LogP contribution in [0.1, 0.15) is 27.3 Å². The third kappa shape index (κ3) is 3.53. The molecule has 126 valence electrons. The van der Waals surface area contributed by atoms with Crippen LogP contribution in [0.4, 0.5) is 0 Å². The Bertz CT molecular complexity index is 742. The van der Waals surface area contributed by atoms with E-state index in [1.165, 1.54) is 0 Å². The molecule has 0 radical (unpaired) electrons. The minimum atomic E-state index is 0.0113. The summed E-state index contributed by atoms with van der Waals surface area (Å²) >= 11 is 3.40. The number of amides is 2. The van der Waals surface area contributed by atoms with Crippen molar-refractivity contribution >= 4 is 27.7 Å². The van der Waals surface area contributed by atoms with E-state index < -0.39 is 0 Å². The summed E-state index contributed by atoms with van der Waals surface area (Å²) in [4.78, 5) is 29.0. The van der Waals surface area contributed by atoms with Crippen LogP contribution in [0.3, 0.4) is 0 Å². The summed E-state index contributed by atoms with van der Waals surface area (Å²) < 4.78 is 2.72. The van der Waals surface area contributed by atoms with Gasteiger partial charge in [0.2, 0.25) is 0 Å². The molecule has 0 bridgehead atoms. The fourth-order valence-electron chi connectivity index (χ4n) is 2.99. The summed E-state index contributed by atoms with van der Waals surface area (Å²) in [6, 6.07) is 11.1. The molecule has 0 N–H and O–H groups in total. The fraction of sp³-hybridized carbons (Fsp3) is 0.333. The van der Waals surface area contributed by atoms with E-state index in [4.69, 9.17) is 0 Å². The normalized spacial score (nSPS) is 15.2. The molecule has 0 unspecified atom stereocenters. The SMILES string of the molecule is Cn1cc(Br)cc1C(=O)N1CCCN(C(=O)c2ccccc2)CC1. The lowest BCUT2D eigenvalue weighted by Gasteiger charge is -2.22. The minimum Gasteiger partial charge on any atom is -0.345 e. The molecule has 24 heavy (non-hydrogen) atoms. The Labute approximate surface area is 150 Å². The standard InChI is InChI=1S/C18H20BrN3O2/c1-20-13-15(19)12-16(20)18(24)22-9-5-8-21(10-11-22)17(23)14-6-3-2-4-7-14/h2-4,6-7,12-13H,5,8-11H2,1H3. The number of aryl methyl sites for hydroxylation is 1. The Morgan fingerprint density at radius 1 is 0.958 bits per heavy atom. The molecule has 1 fully saturated rings. The van der Waals surface area contributed by atoms with E-state index in [0.717, 1.165) is 10.9 Å². The van der Waals surface area contributed by atoms with Gasteiger partial charge in [0.15, 0.2) is 0 Å². The van der Waals surface area contributed by atoms with Gasteiger partial charge in [-0.25, -0.2) is 0 Å². The third-order valence-corrected chi connectivity index (χ3v) is 4.72. The molecule has 2 amide bonds. The van der Waals surface area contributed by atoms with Gasteiger partial charge in [-0.1, -0.05) is 18.2 Å². The van der Waals surface area contributed by atoms with Crippen molar-refractivity contribution in [2.45, 2.75) is 6.42 Å². The second-order valence-corrected chi connectivity index (χ2v) is 6.87. The number of carbonyl (C=O) groups is 2. The number of halogens is 1. The maximum Gasteiger partial charge on any atom is 0.270 e. The van der Waals surface area contributed by atoms with Gasteiger partial charge in [-0.3, -0.25) is 9.59 Å². The third-order valence-electron chi connectivity index (χ3n) is 4.28. The second kappa shape index (κ2) is 7.21. The van der Waals surface area contributed by atoms with Crippen LogP contribution in [0, 0.1) is 0 Å². The minimum absolute atomic E-state index is 0.0113. The molecule has 1 aliphatic heterocycles. The van der Waals surface area contributed by atoms with Crippen LogP contribution in [0.2, 0.25) is 0 Å². The molecule has 0 saturated carbocycles. The van der Waals surface area contributed by atoms with Crippen molar-refractivity contribution < 1.29 is 9.59 Å². The van der Waals surface area contributed by atoms with Gasteiger partial charge in [-0.15, -0.1) is 0 Å². The highest BCUT2D eigenvalue weighted by atomic mass is 79.9. The van der Waals surface area contributed by atoms with Gasteiger partial charge >= 0.3 is 0 Å². The highest BCUT2D eigenvalue weighted by Gasteiger charge is 2.24. The Morgan fingerprint density at radius 2 is 1.58 bits per heavy atom. The molecular formula is C18H20BrN3O2. The van der Waals surface area contributed by atoms with Gasteiger partial charge in [-0.05, 0) is 40.5 Å². The van der Waals surface area contributed by atoms with Crippen LogP contribution in [0.5, 0.6) is 0 Å². The van der Waals surface area contributed by atoms with Gasteiger partial charge < -0.3 is 14.4 Å². The van der Waals surface area contributed by atoms with Gasteiger partial charge in [-0.2, -0.15) is 0 Å². The van der Waals surface area contributed by atoms with Crippen LogP contribution in [0.15, 0.2) is 47.1 Å². The maximum atomic E-state index is 12.7. The molecule has 1 saturated heterocycles. The number of benzene rings is 1. The van der Waals surface area contributed by atoms with E-state index in [9.17, 15) is 9.59 Å². The smallest absolute Gasteiger partial charge is 0.270 e. The Hall–Kier alpha value is -2.08. The van der Waals surface area contributed by atoms with Crippen LogP contribution >= 0.6 is 15.9 Å². The lowest BCUT2D eigenvalue weighted by molar-refractivity contribution is 0.0713. The molecule has 1 aromatic carbocycles. The average Bonchev–Trinajstić information content (AvgIpc) is 2.79. The van der Waals surface area contributed by atoms with Crippen molar-refractivity contribution in [3.8, 4) is 0 Å². The van der Waals surface area contributed by atoms with Crippen molar-refractivity contribution in [3.05, 3.63) is 58.3 Å². The van der Waals surface area contributed by atoms with Crippen molar-refractivity contribution in [1.82, 2.24) is 14.4 Å². The zero-order chi connectivity index (χ0) is 17.1. The van der Waals surface area contributed by atoms with Crippen LogP contribution in [-0.2, 0) is 7.05 Å². The summed E-state index contributed by atoms with van der Waals surface area (Å²) in [5.41, 5.74) is 1.35. The van der Waals surface area contributed by atoms with Crippen molar-refractivity contribution in [2.24, 2.45) is 7.05 Å². The molecule has 0 atom stereocenters. The number of carbonyl (C=O) groups excluding carboxylic acids is 2. The van der Waals surface area contributed by atoms with Crippen LogP contribution in [-0.4, -0.2) is 52.4 Å². The van der Waals surface area contributed by atoms with Crippen LogP contribution < -0.4 is 0 Å². The van der Waals surface area contributed by atoms with E-state index >= 15 is 0 Å². The Kier molecular flexibility index (Phi) is 5.04. The number of aromatic nitrogens is 1. The first-order chi connectivity index (χ1) is 11.6. The highest BCUT2D eigenvalue weighted by molar-refractivity contribution is 9.10. The van der Waals surface area contributed by atoms with Gasteiger partial charge in [0.25, 0.3) is 11.8 Å². The monoisotopic (exact) mass is 389 g/mol. The average molecular weight is 390 g/mol. The van der Waals surface area contributed by atoms with E-state index in [1.807, 2.05) is 64.0 Å². The van der Waals surface area contributed by atoms with E-state index in [2.05, 4.69) is 15.9 Å². The van der Waals surface area contributed by atoms with Gasteiger partial charge in [0.05, 0.1) is 0 Å². The number of nitrogens with zero attached hydrogens (tertiary/aromatic N) is 3. The van der Waals surface area contributed by atoms with Gasteiger partial charge in [0, 0.05) is 49.5 Å². The zero-order valence-electron chi connectivity index (χ0n) is 13.6. The molecule has 3 rings (SSSR count). The quantitative estimate of drug-likeness (QED) is 0.792. The van der Waals surface area contributed by atoms with Crippen LogP contribution in [0.25, 0.3) is 0 Å². The fourth-order valence-corrected chi connectivity index (χ4v) is 3.51. The maximum absolute atomic E-state index is 12.7. The number of rotatable bonds is 2. The van der Waals surface area contributed by atoms with Crippen molar-refractivity contribution in [2.75, 3.05) is 26.2 Å².